The van der Waals surface area contributed by atoms with Crippen molar-refractivity contribution in [2.45, 2.75) is 114 Å². The number of nitrogens with one attached hydrogen (secondary N) is 2. The highest BCUT2D eigenvalue weighted by atomic mass is 16.6. The first-order chi connectivity index (χ1) is 21.8. The second kappa shape index (κ2) is 13.3. The summed E-state index contributed by atoms with van der Waals surface area (Å²) in [7, 11) is 0. The third-order valence-corrected chi connectivity index (χ3v) is 9.28. The number of allylic oxidation sites excluding steroid dienone is 1. The molecule has 1 aromatic rings. The Morgan fingerprint density at radius 3 is 2.59 bits per heavy atom. The van der Waals surface area contributed by atoms with Gasteiger partial charge in [-0.3, -0.25) is 9.59 Å². The highest BCUT2D eigenvalue weighted by Gasteiger charge is 2.61. The Balaban J connectivity index is 1.37. The van der Waals surface area contributed by atoms with Crippen LogP contribution in [0.5, 0.6) is 0 Å². The molecule has 1 saturated carbocycles. The summed E-state index contributed by atoms with van der Waals surface area (Å²) in [6.45, 7) is 8.00. The van der Waals surface area contributed by atoms with Crippen molar-refractivity contribution in [3.63, 3.8) is 0 Å². The number of aliphatic carboxylic acids is 1. The normalized spacial score (nSPS) is 30.0. The van der Waals surface area contributed by atoms with Crippen molar-refractivity contribution in [2.24, 2.45) is 5.92 Å². The maximum atomic E-state index is 14.1. The summed E-state index contributed by atoms with van der Waals surface area (Å²) < 4.78 is 11.3. The van der Waals surface area contributed by atoms with Crippen molar-refractivity contribution in [1.29, 1.82) is 0 Å². The summed E-state index contributed by atoms with van der Waals surface area (Å²) in [6, 6.07) is 5.86. The Hall–Kier alpha value is -4.09. The molecule has 12 nitrogen and oxygen atoms in total. The van der Waals surface area contributed by atoms with E-state index in [1.165, 1.54) is 10.5 Å². The van der Waals surface area contributed by atoms with Crippen LogP contribution in [0.25, 0.3) is 0 Å². The van der Waals surface area contributed by atoms with E-state index < -0.39 is 59.3 Å². The molecule has 3 N–H and O–H groups in total. The molecule has 1 saturated heterocycles. The summed E-state index contributed by atoms with van der Waals surface area (Å²) in [5.41, 5.74) is -0.0184. The number of carbonyl (C=O) groups is 5. The lowest BCUT2D eigenvalue weighted by molar-refractivity contribution is -0.145. The number of fused-ring (bicyclic) bond motifs is 3. The first-order valence-corrected chi connectivity index (χ1v) is 16.3. The van der Waals surface area contributed by atoms with Gasteiger partial charge in [0.1, 0.15) is 29.3 Å². The molecule has 12 heteroatoms. The van der Waals surface area contributed by atoms with Gasteiger partial charge in [-0.25, -0.2) is 14.4 Å². The minimum atomic E-state index is -1.46. The summed E-state index contributed by atoms with van der Waals surface area (Å²) in [4.78, 5) is 69.4. The minimum absolute atomic E-state index is 0.00133. The number of alkyl carbamates (subject to hydrolysis) is 1. The second-order valence-corrected chi connectivity index (χ2v) is 14.1. The van der Waals surface area contributed by atoms with Gasteiger partial charge >= 0.3 is 18.2 Å². The van der Waals surface area contributed by atoms with E-state index in [-0.39, 0.29) is 31.2 Å². The van der Waals surface area contributed by atoms with Crippen LogP contribution in [-0.4, -0.2) is 87.3 Å². The van der Waals surface area contributed by atoms with E-state index in [2.05, 4.69) is 16.7 Å². The fourth-order valence-corrected chi connectivity index (χ4v) is 6.81. The van der Waals surface area contributed by atoms with Gasteiger partial charge in [0.2, 0.25) is 11.8 Å². The van der Waals surface area contributed by atoms with Gasteiger partial charge in [0, 0.05) is 25.4 Å². The quantitative estimate of drug-likeness (QED) is 0.419. The molecule has 6 atom stereocenters. The molecule has 46 heavy (non-hydrogen) atoms. The average Bonchev–Trinajstić information content (AvgIpc) is 3.52. The van der Waals surface area contributed by atoms with E-state index in [4.69, 9.17) is 9.47 Å². The van der Waals surface area contributed by atoms with E-state index in [1.807, 2.05) is 37.3 Å². The van der Waals surface area contributed by atoms with Gasteiger partial charge in [-0.1, -0.05) is 56.2 Å². The maximum Gasteiger partial charge on any atom is 0.410 e. The molecule has 4 aliphatic rings. The minimum Gasteiger partial charge on any atom is -0.479 e. The van der Waals surface area contributed by atoms with Crippen molar-refractivity contribution < 1.29 is 38.6 Å². The smallest absolute Gasteiger partial charge is 0.410 e. The molecule has 2 fully saturated rings. The monoisotopic (exact) mass is 638 g/mol. The second-order valence-electron chi connectivity index (χ2n) is 14.1. The lowest BCUT2D eigenvalue weighted by Gasteiger charge is -2.33. The van der Waals surface area contributed by atoms with Gasteiger partial charge in [-0.15, -0.1) is 0 Å². The van der Waals surface area contributed by atoms with Crippen LogP contribution in [0.2, 0.25) is 0 Å². The van der Waals surface area contributed by atoms with Crippen LogP contribution in [0, 0.1) is 5.92 Å². The van der Waals surface area contributed by atoms with Crippen LogP contribution in [0.1, 0.15) is 89.7 Å². The number of carboxylic acids is 1. The molecule has 3 aliphatic heterocycles. The number of hydrogen-bond acceptors (Lipinski definition) is 7. The maximum absolute atomic E-state index is 14.1. The van der Waals surface area contributed by atoms with Crippen LogP contribution in [0.3, 0.4) is 0 Å². The van der Waals surface area contributed by atoms with E-state index in [9.17, 15) is 29.1 Å². The van der Waals surface area contributed by atoms with Gasteiger partial charge < -0.3 is 35.0 Å². The Bertz CT molecular complexity index is 1390. The number of hydrogen-bond donors (Lipinski definition) is 3. The first-order valence-electron chi connectivity index (χ1n) is 16.3. The van der Waals surface area contributed by atoms with Gasteiger partial charge in [-0.05, 0) is 63.5 Å². The van der Waals surface area contributed by atoms with Gasteiger partial charge in [0.25, 0.3) is 0 Å². The fraction of sp³-hybridized carbons (Fsp3) is 0.618. The summed E-state index contributed by atoms with van der Waals surface area (Å²) in [6.07, 6.45) is 5.26. The Kier molecular flexibility index (Phi) is 9.65. The molecule has 0 bridgehead atoms. The zero-order valence-electron chi connectivity index (χ0n) is 27.1. The number of carboxylic acid groups (broad SMARTS) is 1. The number of nitrogens with zero attached hydrogens (tertiary/aromatic N) is 2. The van der Waals surface area contributed by atoms with E-state index in [0.717, 1.165) is 24.8 Å². The van der Waals surface area contributed by atoms with Crippen LogP contribution < -0.4 is 10.6 Å². The standard InChI is InChI=1S/C34H46N4O8/c1-21-18-37(19-22-12-10-11-14-25(21)22)32(44)45-24-16-27-28(39)36-34(30(41)42)17-23(34)13-8-6-5-7-9-15-26(29(40)38(27)20-24)35-31(43)46-33(2,3)4/h8,10-14,21,23-24,26-27H,5-7,9,15-20H2,1-4H3,(H,35,43)(H,36,39)(H,41,42)/t21-,23+,24+,26-,27-,34+/m0/s1. The molecule has 3 heterocycles. The summed E-state index contributed by atoms with van der Waals surface area (Å²) in [5.74, 6) is -2.52. The Morgan fingerprint density at radius 1 is 1.09 bits per heavy atom. The largest absolute Gasteiger partial charge is 0.479 e. The molecular weight excluding hydrogens is 592 g/mol. The molecular formula is C34H46N4O8. The fourth-order valence-electron chi connectivity index (χ4n) is 6.81. The number of amides is 4. The lowest BCUT2D eigenvalue weighted by Crippen LogP contribution is -2.56. The highest BCUT2D eigenvalue weighted by molar-refractivity contribution is 5.96. The van der Waals surface area contributed by atoms with Crippen LogP contribution in [-0.2, 0) is 30.4 Å². The van der Waals surface area contributed by atoms with Crippen molar-refractivity contribution >= 4 is 30.0 Å². The average molecular weight is 639 g/mol. The predicted molar refractivity (Wildman–Crippen MR) is 168 cm³/mol. The molecule has 5 rings (SSSR count). The van der Waals surface area contributed by atoms with Crippen molar-refractivity contribution in [2.75, 3.05) is 13.1 Å². The third kappa shape index (κ3) is 7.47. The topological polar surface area (TPSA) is 155 Å². The van der Waals surface area contributed by atoms with E-state index >= 15 is 0 Å². The van der Waals surface area contributed by atoms with Gasteiger partial charge in [0.05, 0.1) is 6.54 Å². The Labute approximate surface area is 269 Å². The first kappa shape index (κ1) is 33.3. The van der Waals surface area contributed by atoms with E-state index in [1.54, 1.807) is 25.7 Å². The summed E-state index contributed by atoms with van der Waals surface area (Å²) >= 11 is 0. The highest BCUT2D eigenvalue weighted by Crippen LogP contribution is 2.45. The lowest BCUT2D eigenvalue weighted by atomic mass is 9.91. The zero-order chi connectivity index (χ0) is 33.2. The van der Waals surface area contributed by atoms with Crippen molar-refractivity contribution in [3.05, 3.63) is 47.5 Å². The third-order valence-electron chi connectivity index (χ3n) is 9.28. The van der Waals surface area contributed by atoms with Crippen molar-refractivity contribution in [1.82, 2.24) is 20.4 Å². The van der Waals surface area contributed by atoms with Crippen LogP contribution in [0.4, 0.5) is 9.59 Å². The summed E-state index contributed by atoms with van der Waals surface area (Å²) in [5, 5.41) is 15.5. The molecule has 0 aromatic heterocycles. The number of carbonyl (C=O) groups excluding carboxylic acids is 4. The predicted octanol–water partition coefficient (Wildman–Crippen LogP) is 4.08. The SMILES string of the molecule is C[C@H]1CN(C(=O)O[C@@H]2C[C@H]3C(=O)N[C@]4(C(=O)O)C[C@H]4C=CCCCCC[C@H](NC(=O)OC(C)(C)C)C(=O)N3C2)Cc2ccccc21. The molecule has 1 aliphatic carbocycles. The van der Waals surface area contributed by atoms with Crippen molar-refractivity contribution in [3.8, 4) is 0 Å². The van der Waals surface area contributed by atoms with Gasteiger partial charge in [-0.2, -0.15) is 0 Å². The van der Waals surface area contributed by atoms with E-state index in [0.29, 0.717) is 25.9 Å². The van der Waals surface area contributed by atoms with Crippen LogP contribution >= 0.6 is 0 Å². The molecule has 0 spiro atoms. The molecule has 1 aromatic carbocycles. The molecule has 4 amide bonds. The Morgan fingerprint density at radius 2 is 1.85 bits per heavy atom. The van der Waals surface area contributed by atoms with Gasteiger partial charge in [0.15, 0.2) is 0 Å². The molecule has 0 radical (unpaired) electrons. The molecule has 250 valence electrons. The number of ether oxygens (including phenoxy) is 2. The number of benzene rings is 1. The molecule has 0 unspecified atom stereocenters. The zero-order valence-corrected chi connectivity index (χ0v) is 27.1. The van der Waals surface area contributed by atoms with Crippen LogP contribution in [0.15, 0.2) is 36.4 Å². The number of rotatable bonds is 3.